The third-order valence-corrected chi connectivity index (χ3v) is 4.45. The molecule has 0 aliphatic carbocycles. The Hall–Kier alpha value is -2.98. The summed E-state index contributed by atoms with van der Waals surface area (Å²) < 4.78 is 27.3. The van der Waals surface area contributed by atoms with E-state index in [2.05, 4.69) is 0 Å². The highest BCUT2D eigenvalue weighted by Crippen LogP contribution is 2.37. The molecule has 1 aromatic rings. The van der Waals surface area contributed by atoms with E-state index < -0.39 is 54.4 Å². The van der Waals surface area contributed by atoms with Gasteiger partial charge in [0.15, 0.2) is 18.3 Å². The zero-order valence-electron chi connectivity index (χ0n) is 17.7. The van der Waals surface area contributed by atoms with Crippen LogP contribution in [0.3, 0.4) is 0 Å². The largest absolute Gasteiger partial charge is 0.463 e. The van der Waals surface area contributed by atoms with Crippen molar-refractivity contribution in [3.8, 4) is 0 Å². The topological polar surface area (TPSA) is 135 Å². The van der Waals surface area contributed by atoms with Gasteiger partial charge < -0.3 is 28.8 Å². The first-order valence-electron chi connectivity index (χ1n) is 9.62. The Bertz CT molecular complexity index is 820. The minimum atomic E-state index is -1.23. The lowest BCUT2D eigenvalue weighted by Gasteiger charge is -2.44. The van der Waals surface area contributed by atoms with Crippen LogP contribution in [0.15, 0.2) is 24.3 Å². The maximum absolute atomic E-state index is 11.8. The number of esters is 4. The molecule has 1 aliphatic heterocycles. The van der Waals surface area contributed by atoms with Crippen LogP contribution in [0.25, 0.3) is 0 Å². The molecule has 0 amide bonds. The average molecular weight is 438 g/mol. The molecule has 0 saturated carbocycles. The van der Waals surface area contributed by atoms with Crippen LogP contribution in [0, 0.1) is 0 Å². The molecule has 1 unspecified atom stereocenters. The van der Waals surface area contributed by atoms with Crippen molar-refractivity contribution in [3.63, 3.8) is 0 Å². The molecule has 0 aromatic heterocycles. The molecule has 0 radical (unpaired) electrons. The molecular formula is C21H26O10. The minimum absolute atomic E-state index is 0.237. The van der Waals surface area contributed by atoms with Crippen LogP contribution in [0.1, 0.15) is 44.9 Å². The highest BCUT2D eigenvalue weighted by molar-refractivity contribution is 5.68. The summed E-state index contributed by atoms with van der Waals surface area (Å²) in [7, 11) is 0. The summed E-state index contributed by atoms with van der Waals surface area (Å²) in [5.74, 6) is -2.65. The molecule has 1 N–H and O–H groups in total. The zero-order chi connectivity index (χ0) is 23.1. The van der Waals surface area contributed by atoms with Crippen molar-refractivity contribution in [1.29, 1.82) is 0 Å². The van der Waals surface area contributed by atoms with Crippen molar-refractivity contribution in [3.05, 3.63) is 35.4 Å². The Kier molecular flexibility index (Phi) is 8.52. The number of rotatable bonds is 7. The summed E-state index contributed by atoms with van der Waals surface area (Å²) >= 11 is 0. The first-order chi connectivity index (χ1) is 14.6. The van der Waals surface area contributed by atoms with Crippen LogP contribution in [0.4, 0.5) is 0 Å². The van der Waals surface area contributed by atoms with Gasteiger partial charge in [-0.2, -0.15) is 0 Å². The predicted molar refractivity (Wildman–Crippen MR) is 103 cm³/mol. The zero-order valence-corrected chi connectivity index (χ0v) is 17.7. The second kappa shape index (κ2) is 10.9. The van der Waals surface area contributed by atoms with E-state index in [-0.39, 0.29) is 13.2 Å². The monoisotopic (exact) mass is 438 g/mol. The molecule has 2 rings (SSSR count). The molecule has 0 spiro atoms. The summed E-state index contributed by atoms with van der Waals surface area (Å²) in [4.78, 5) is 46.7. The molecule has 5 atom stereocenters. The van der Waals surface area contributed by atoms with Gasteiger partial charge in [-0.25, -0.2) is 0 Å². The van der Waals surface area contributed by atoms with Gasteiger partial charge in [0.2, 0.25) is 0 Å². The van der Waals surface area contributed by atoms with E-state index in [0.29, 0.717) is 11.1 Å². The number of hydrogen-bond acceptors (Lipinski definition) is 10. The summed E-state index contributed by atoms with van der Waals surface area (Å²) in [6.07, 6.45) is -5.60. The van der Waals surface area contributed by atoms with E-state index in [9.17, 15) is 24.3 Å². The van der Waals surface area contributed by atoms with Crippen LogP contribution in [0.5, 0.6) is 0 Å². The number of benzene rings is 1. The van der Waals surface area contributed by atoms with E-state index in [0.717, 1.165) is 13.8 Å². The molecule has 1 fully saturated rings. The summed E-state index contributed by atoms with van der Waals surface area (Å²) in [6.45, 7) is 4.17. The molecule has 10 heteroatoms. The third kappa shape index (κ3) is 6.76. The average Bonchev–Trinajstić information content (AvgIpc) is 2.68. The fourth-order valence-electron chi connectivity index (χ4n) is 3.37. The number of aliphatic hydroxyl groups is 1. The SMILES string of the molecule is CC(=O)OC[C@H]1O[C@@H](c2cccc(CO)c2)[C@H](OC(C)=O)C(OC(C)=O)[C@@H]1OC(C)=O. The first-order valence-corrected chi connectivity index (χ1v) is 9.62. The number of ether oxygens (including phenoxy) is 5. The van der Waals surface area contributed by atoms with Gasteiger partial charge in [-0.05, 0) is 11.1 Å². The maximum atomic E-state index is 11.8. The lowest BCUT2D eigenvalue weighted by molar-refractivity contribution is -0.254. The van der Waals surface area contributed by atoms with E-state index in [4.69, 9.17) is 23.7 Å². The number of aliphatic hydroxyl groups excluding tert-OH is 1. The van der Waals surface area contributed by atoms with Gasteiger partial charge in [0, 0.05) is 27.7 Å². The number of carbonyl (C=O) groups excluding carboxylic acids is 4. The van der Waals surface area contributed by atoms with E-state index in [1.807, 2.05) is 0 Å². The predicted octanol–water partition coefficient (Wildman–Crippen LogP) is 0.977. The molecule has 1 aliphatic rings. The molecule has 0 bridgehead atoms. The van der Waals surface area contributed by atoms with Crippen molar-refractivity contribution >= 4 is 23.9 Å². The molecule has 1 heterocycles. The van der Waals surface area contributed by atoms with Crippen LogP contribution < -0.4 is 0 Å². The second-order valence-corrected chi connectivity index (χ2v) is 7.02. The van der Waals surface area contributed by atoms with E-state index in [1.165, 1.54) is 13.8 Å². The van der Waals surface area contributed by atoms with Gasteiger partial charge in [-0.1, -0.05) is 24.3 Å². The Morgan fingerprint density at radius 3 is 2.00 bits per heavy atom. The van der Waals surface area contributed by atoms with Crippen molar-refractivity contribution < 1.29 is 48.0 Å². The van der Waals surface area contributed by atoms with Crippen LogP contribution in [-0.2, 0) is 49.5 Å². The summed E-state index contributed by atoms with van der Waals surface area (Å²) in [6, 6.07) is 6.69. The molecule has 170 valence electrons. The first kappa shape index (κ1) is 24.3. The smallest absolute Gasteiger partial charge is 0.303 e. The Labute approximate surface area is 179 Å². The van der Waals surface area contributed by atoms with E-state index in [1.54, 1.807) is 24.3 Å². The van der Waals surface area contributed by atoms with Crippen LogP contribution >= 0.6 is 0 Å². The number of carbonyl (C=O) groups is 4. The molecule has 31 heavy (non-hydrogen) atoms. The summed E-state index contributed by atoms with van der Waals surface area (Å²) in [5.41, 5.74) is 1.09. The van der Waals surface area contributed by atoms with Gasteiger partial charge in [0.05, 0.1) is 6.61 Å². The normalized spacial score (nSPS) is 25.3. The summed E-state index contributed by atoms with van der Waals surface area (Å²) in [5, 5.41) is 9.47. The highest BCUT2D eigenvalue weighted by Gasteiger charge is 2.52. The van der Waals surface area contributed by atoms with Crippen molar-refractivity contribution in [2.24, 2.45) is 0 Å². The fourth-order valence-corrected chi connectivity index (χ4v) is 3.37. The molecule has 10 nitrogen and oxygen atoms in total. The Morgan fingerprint density at radius 2 is 1.45 bits per heavy atom. The Morgan fingerprint density at radius 1 is 0.871 bits per heavy atom. The lowest BCUT2D eigenvalue weighted by Crippen LogP contribution is -2.59. The standard InChI is InChI=1S/C21H26O10/c1-11(23)27-10-17-19(28-12(2)24)21(30-14(4)26)20(29-13(3)25)18(31-17)16-7-5-6-15(8-16)9-22/h5-8,17-22H,9-10H2,1-4H3/t17-,18+,19-,20+,21?/m1/s1. The Balaban J connectivity index is 2.54. The van der Waals surface area contributed by atoms with E-state index >= 15 is 0 Å². The highest BCUT2D eigenvalue weighted by atomic mass is 16.7. The minimum Gasteiger partial charge on any atom is -0.463 e. The van der Waals surface area contributed by atoms with Crippen molar-refractivity contribution in [1.82, 2.24) is 0 Å². The van der Waals surface area contributed by atoms with Crippen molar-refractivity contribution in [2.75, 3.05) is 6.61 Å². The molecular weight excluding hydrogens is 412 g/mol. The molecule has 1 aromatic carbocycles. The van der Waals surface area contributed by atoms with Crippen LogP contribution in [-0.4, -0.2) is 60.0 Å². The quantitative estimate of drug-likeness (QED) is 0.485. The lowest BCUT2D eigenvalue weighted by atomic mass is 9.90. The van der Waals surface area contributed by atoms with Crippen LogP contribution in [0.2, 0.25) is 0 Å². The fraction of sp³-hybridized carbons (Fsp3) is 0.524. The van der Waals surface area contributed by atoms with Gasteiger partial charge in [0.1, 0.15) is 18.8 Å². The van der Waals surface area contributed by atoms with Gasteiger partial charge >= 0.3 is 23.9 Å². The number of hydrogen-bond donors (Lipinski definition) is 1. The van der Waals surface area contributed by atoms with Crippen molar-refractivity contribution in [2.45, 2.75) is 64.8 Å². The van der Waals surface area contributed by atoms with Gasteiger partial charge in [0.25, 0.3) is 0 Å². The molecule has 1 saturated heterocycles. The third-order valence-electron chi connectivity index (χ3n) is 4.45. The maximum Gasteiger partial charge on any atom is 0.303 e. The van der Waals surface area contributed by atoms with Gasteiger partial charge in [-0.3, -0.25) is 19.2 Å². The second-order valence-electron chi connectivity index (χ2n) is 7.02. The van der Waals surface area contributed by atoms with Gasteiger partial charge in [-0.15, -0.1) is 0 Å².